The van der Waals surface area contributed by atoms with Crippen LogP contribution in [-0.4, -0.2) is 17.6 Å². The number of aliphatic hydroxyl groups is 1. The van der Waals surface area contributed by atoms with Gasteiger partial charge in [0.1, 0.15) is 0 Å². The molecule has 108 valence electrons. The lowest BCUT2D eigenvalue weighted by Gasteiger charge is -2.07. The average Bonchev–Trinajstić information content (AvgIpc) is 2.98. The quantitative estimate of drug-likeness (QED) is 0.853. The highest BCUT2D eigenvalue weighted by Crippen LogP contribution is 2.12. The number of thiophene rings is 1. The van der Waals surface area contributed by atoms with E-state index in [0.717, 1.165) is 10.4 Å². The number of aryl methyl sites for hydroxylation is 1. The minimum Gasteiger partial charge on any atom is -0.395 e. The lowest BCUT2D eigenvalue weighted by Crippen LogP contribution is -2.23. The monoisotopic (exact) mass is 299 g/mol. The molecule has 0 aliphatic carbocycles. The minimum atomic E-state index is -0.128. The van der Waals surface area contributed by atoms with Crippen LogP contribution in [0.5, 0.6) is 0 Å². The fraction of sp³-hybridized carbons (Fsp3) is 0.235. The van der Waals surface area contributed by atoms with E-state index in [9.17, 15) is 4.79 Å². The van der Waals surface area contributed by atoms with E-state index in [4.69, 9.17) is 5.11 Å². The first-order chi connectivity index (χ1) is 10.2. The number of aliphatic hydroxyl groups excluding tert-OH is 1. The third-order valence-electron chi connectivity index (χ3n) is 2.88. The van der Waals surface area contributed by atoms with Crippen LogP contribution in [0.15, 0.2) is 35.7 Å². The van der Waals surface area contributed by atoms with Gasteiger partial charge in [0, 0.05) is 16.9 Å². The normalized spacial score (nSPS) is 9.81. The summed E-state index contributed by atoms with van der Waals surface area (Å²) in [6.07, 6.45) is 0.407. The van der Waals surface area contributed by atoms with Crippen molar-refractivity contribution in [2.45, 2.75) is 19.9 Å². The Labute approximate surface area is 128 Å². The SMILES string of the molecule is Cc1ccc(C(=O)NCc2cccs2)c(C#CCCO)c1. The van der Waals surface area contributed by atoms with Crippen LogP contribution in [0.4, 0.5) is 0 Å². The van der Waals surface area contributed by atoms with Gasteiger partial charge in [-0.2, -0.15) is 0 Å². The standard InChI is InChI=1S/C17H17NO2S/c1-13-7-8-16(14(11-13)5-2-3-9-19)17(20)18-12-15-6-4-10-21-15/h4,6-8,10-11,19H,3,9,12H2,1H3,(H,18,20). The molecule has 0 bridgehead atoms. The third-order valence-corrected chi connectivity index (χ3v) is 3.76. The topological polar surface area (TPSA) is 49.3 Å². The van der Waals surface area contributed by atoms with Crippen LogP contribution in [0.25, 0.3) is 0 Å². The van der Waals surface area contributed by atoms with Crippen molar-refractivity contribution in [3.63, 3.8) is 0 Å². The Hall–Kier alpha value is -2.09. The van der Waals surface area contributed by atoms with Crippen molar-refractivity contribution in [3.8, 4) is 11.8 Å². The lowest BCUT2D eigenvalue weighted by molar-refractivity contribution is 0.0951. The number of hydrogen-bond donors (Lipinski definition) is 2. The summed E-state index contributed by atoms with van der Waals surface area (Å²) in [5, 5.41) is 13.7. The van der Waals surface area contributed by atoms with E-state index >= 15 is 0 Å². The number of carbonyl (C=O) groups excluding carboxylic acids is 1. The highest BCUT2D eigenvalue weighted by Gasteiger charge is 2.10. The van der Waals surface area contributed by atoms with Gasteiger partial charge >= 0.3 is 0 Å². The van der Waals surface area contributed by atoms with Gasteiger partial charge in [0.05, 0.1) is 18.7 Å². The fourth-order valence-corrected chi connectivity index (χ4v) is 2.49. The van der Waals surface area contributed by atoms with Crippen molar-refractivity contribution in [2.24, 2.45) is 0 Å². The van der Waals surface area contributed by atoms with Crippen molar-refractivity contribution in [1.29, 1.82) is 0 Å². The van der Waals surface area contributed by atoms with Crippen LogP contribution >= 0.6 is 11.3 Å². The molecule has 0 aliphatic heterocycles. The summed E-state index contributed by atoms with van der Waals surface area (Å²) >= 11 is 1.61. The lowest BCUT2D eigenvalue weighted by atomic mass is 10.0. The largest absolute Gasteiger partial charge is 0.395 e. The first kappa shape index (κ1) is 15.3. The van der Waals surface area contributed by atoms with E-state index in [1.54, 1.807) is 17.4 Å². The molecule has 0 saturated carbocycles. The van der Waals surface area contributed by atoms with Gasteiger partial charge in [-0.3, -0.25) is 4.79 Å². The van der Waals surface area contributed by atoms with Gasteiger partial charge in [-0.1, -0.05) is 24.0 Å². The molecular formula is C17H17NO2S. The first-order valence-corrected chi connectivity index (χ1v) is 7.59. The summed E-state index contributed by atoms with van der Waals surface area (Å²) in [5.41, 5.74) is 2.33. The van der Waals surface area contributed by atoms with E-state index < -0.39 is 0 Å². The van der Waals surface area contributed by atoms with Crippen LogP contribution in [0.2, 0.25) is 0 Å². The van der Waals surface area contributed by atoms with Crippen LogP contribution in [0.1, 0.15) is 32.8 Å². The molecule has 0 saturated heterocycles. The second kappa shape index (κ2) is 7.63. The summed E-state index contributed by atoms with van der Waals surface area (Å²) in [7, 11) is 0. The molecule has 0 fully saturated rings. The zero-order valence-corrected chi connectivity index (χ0v) is 12.7. The second-order valence-corrected chi connectivity index (χ2v) is 5.62. The van der Waals surface area contributed by atoms with Gasteiger partial charge in [0.25, 0.3) is 5.91 Å². The molecule has 2 rings (SSSR count). The molecule has 2 aromatic rings. The van der Waals surface area contributed by atoms with Gasteiger partial charge < -0.3 is 10.4 Å². The molecule has 0 radical (unpaired) electrons. The molecule has 0 unspecified atom stereocenters. The predicted molar refractivity (Wildman–Crippen MR) is 85.2 cm³/mol. The molecule has 3 nitrogen and oxygen atoms in total. The van der Waals surface area contributed by atoms with Gasteiger partial charge in [-0.25, -0.2) is 0 Å². The maximum atomic E-state index is 12.3. The van der Waals surface area contributed by atoms with Gasteiger partial charge in [0.2, 0.25) is 0 Å². The van der Waals surface area contributed by atoms with Crippen molar-refractivity contribution < 1.29 is 9.90 Å². The molecule has 2 N–H and O–H groups in total. The van der Waals surface area contributed by atoms with Crippen LogP contribution in [-0.2, 0) is 6.54 Å². The van der Waals surface area contributed by atoms with Crippen LogP contribution in [0.3, 0.4) is 0 Å². The highest BCUT2D eigenvalue weighted by molar-refractivity contribution is 7.09. The van der Waals surface area contributed by atoms with E-state index in [1.165, 1.54) is 0 Å². The smallest absolute Gasteiger partial charge is 0.252 e. The third kappa shape index (κ3) is 4.45. The maximum Gasteiger partial charge on any atom is 0.252 e. The molecule has 21 heavy (non-hydrogen) atoms. The maximum absolute atomic E-state index is 12.3. The Morgan fingerprint density at radius 1 is 1.38 bits per heavy atom. The molecule has 0 spiro atoms. The number of nitrogens with one attached hydrogen (secondary N) is 1. The number of benzene rings is 1. The van der Waals surface area contributed by atoms with Crippen LogP contribution < -0.4 is 5.32 Å². The molecule has 1 heterocycles. The zero-order valence-electron chi connectivity index (χ0n) is 11.8. The van der Waals surface area contributed by atoms with Gasteiger partial charge in [-0.15, -0.1) is 11.3 Å². The van der Waals surface area contributed by atoms with Crippen molar-refractivity contribution in [1.82, 2.24) is 5.32 Å². The number of amides is 1. The van der Waals surface area contributed by atoms with Crippen LogP contribution in [0, 0.1) is 18.8 Å². The fourth-order valence-electron chi connectivity index (χ4n) is 1.85. The van der Waals surface area contributed by atoms with Crippen molar-refractivity contribution in [3.05, 3.63) is 57.3 Å². The Morgan fingerprint density at radius 2 is 2.24 bits per heavy atom. The first-order valence-electron chi connectivity index (χ1n) is 6.71. The minimum absolute atomic E-state index is 0.0265. The second-order valence-electron chi connectivity index (χ2n) is 4.59. The van der Waals surface area contributed by atoms with Gasteiger partial charge in [0.15, 0.2) is 0 Å². The average molecular weight is 299 g/mol. The molecule has 1 aromatic carbocycles. The van der Waals surface area contributed by atoms with E-state index in [1.807, 2.05) is 36.6 Å². The van der Waals surface area contributed by atoms with E-state index in [-0.39, 0.29) is 12.5 Å². The molecular weight excluding hydrogens is 282 g/mol. The number of carbonyl (C=O) groups is 1. The number of rotatable bonds is 4. The summed E-state index contributed by atoms with van der Waals surface area (Å²) < 4.78 is 0. The van der Waals surface area contributed by atoms with Gasteiger partial charge in [-0.05, 0) is 36.1 Å². The van der Waals surface area contributed by atoms with Crippen molar-refractivity contribution in [2.75, 3.05) is 6.61 Å². The van der Waals surface area contributed by atoms with Crippen molar-refractivity contribution >= 4 is 17.2 Å². The molecule has 4 heteroatoms. The van der Waals surface area contributed by atoms with E-state index in [0.29, 0.717) is 24.1 Å². The van der Waals surface area contributed by atoms with E-state index in [2.05, 4.69) is 17.2 Å². The Balaban J connectivity index is 2.14. The molecule has 0 atom stereocenters. The zero-order chi connectivity index (χ0) is 15.1. The summed E-state index contributed by atoms with van der Waals surface area (Å²) in [6, 6.07) is 9.54. The predicted octanol–water partition coefficient (Wildman–Crippen LogP) is 2.72. The molecule has 1 amide bonds. The summed E-state index contributed by atoms with van der Waals surface area (Å²) in [6.45, 7) is 2.51. The Morgan fingerprint density at radius 3 is 2.95 bits per heavy atom. The molecule has 0 aliphatic rings. The Kier molecular flexibility index (Phi) is 5.56. The number of hydrogen-bond acceptors (Lipinski definition) is 3. The Bertz CT molecular complexity index is 666. The molecule has 1 aromatic heterocycles. The highest BCUT2D eigenvalue weighted by atomic mass is 32.1. The summed E-state index contributed by atoms with van der Waals surface area (Å²) in [4.78, 5) is 13.4. The summed E-state index contributed by atoms with van der Waals surface area (Å²) in [5.74, 6) is 5.70.